The monoisotopic (exact) mass is 1040 g/mol. The van der Waals surface area contributed by atoms with Gasteiger partial charge < -0.3 is 68.4 Å². The summed E-state index contributed by atoms with van der Waals surface area (Å²) in [6, 6.07) is -3.62. The van der Waals surface area contributed by atoms with Gasteiger partial charge in [-0.25, -0.2) is 9.78 Å². The van der Waals surface area contributed by atoms with E-state index in [4.69, 9.17) is 5.73 Å². The summed E-state index contributed by atoms with van der Waals surface area (Å²) < 4.78 is 0. The van der Waals surface area contributed by atoms with Crippen LogP contribution < -0.4 is 48.3 Å². The molecule has 0 bridgehead atoms. The lowest BCUT2D eigenvalue weighted by molar-refractivity contribution is -0.149. The highest BCUT2D eigenvalue weighted by molar-refractivity contribution is 5.98. The fourth-order valence-corrected chi connectivity index (χ4v) is 8.29. The number of aromatic amines is 1. The number of carboxylic acid groups (broad SMARTS) is 1. The lowest BCUT2D eigenvalue weighted by Crippen LogP contribution is -2.61. The molecular weight excluding hydrogens is 961 g/mol. The van der Waals surface area contributed by atoms with Crippen molar-refractivity contribution in [2.75, 3.05) is 19.6 Å². The Kier molecular flexibility index (Phi) is 25.0. The first kappa shape index (κ1) is 61.2. The predicted octanol–water partition coefficient (Wildman–Crippen LogP) is -0.597. The molecule has 1 fully saturated rings. The molecule has 410 valence electrons. The third-order valence-electron chi connectivity index (χ3n) is 12.6. The van der Waals surface area contributed by atoms with E-state index in [1.54, 1.807) is 39.8 Å². The number of nitrogens with zero attached hydrogens (tertiary/aromatic N) is 2. The highest BCUT2D eigenvalue weighted by Crippen LogP contribution is 2.21. The maximum Gasteiger partial charge on any atom is 0.326 e. The van der Waals surface area contributed by atoms with Crippen molar-refractivity contribution in [2.45, 2.75) is 162 Å². The van der Waals surface area contributed by atoms with Crippen molar-refractivity contribution < 1.29 is 58.2 Å². The molecule has 0 aliphatic carbocycles. The summed E-state index contributed by atoms with van der Waals surface area (Å²) >= 11 is 0. The number of aromatic nitrogens is 2. The first-order valence-corrected chi connectivity index (χ1v) is 25.3. The van der Waals surface area contributed by atoms with Crippen LogP contribution in [0.2, 0.25) is 0 Å². The van der Waals surface area contributed by atoms with E-state index in [0.717, 1.165) is 0 Å². The van der Waals surface area contributed by atoms with E-state index in [2.05, 4.69) is 52.5 Å². The van der Waals surface area contributed by atoms with Crippen LogP contribution in [0.3, 0.4) is 0 Å². The van der Waals surface area contributed by atoms with Gasteiger partial charge in [0.05, 0.1) is 12.9 Å². The third-order valence-corrected chi connectivity index (χ3v) is 12.6. The average Bonchev–Trinajstić information content (AvgIpc) is 4.06. The van der Waals surface area contributed by atoms with Gasteiger partial charge in [0.1, 0.15) is 54.1 Å². The maximum atomic E-state index is 14.4. The number of hydrogen-bond donors (Lipinski definition) is 12. The number of carbonyl (C=O) groups is 10. The molecule has 0 spiro atoms. The first-order chi connectivity index (χ1) is 34.9. The lowest BCUT2D eigenvalue weighted by Gasteiger charge is -2.30. The normalized spacial score (nSPS) is 16.5. The molecule has 9 amide bonds. The fourth-order valence-electron chi connectivity index (χ4n) is 8.29. The molecule has 24 nitrogen and oxygen atoms in total. The SMILES string of the molecule is CCC(C)C(NC(=O)C(Cc1ccc(O)cc1)NC(=O)C(NC(=O)CNC(=O)C(CCCCN)NC(C)=O)C(C)C)C(=O)NC(Cc1cnc[nH]1)C(=O)NC(C)C(=O)NC(CC(C)C)C(=O)N1CCCC1C(=O)O. The molecule has 0 radical (unpaired) electrons. The van der Waals surface area contributed by atoms with E-state index < -0.39 is 126 Å². The van der Waals surface area contributed by atoms with Gasteiger partial charge in [-0.1, -0.05) is 60.1 Å². The summed E-state index contributed by atoms with van der Waals surface area (Å²) in [7, 11) is 0. The molecule has 1 aliphatic rings. The molecule has 1 aromatic heterocycles. The molecular formula is C50H78N12O12. The van der Waals surface area contributed by atoms with Crippen molar-refractivity contribution in [3.05, 3.63) is 48.0 Å². The van der Waals surface area contributed by atoms with Gasteiger partial charge in [0.15, 0.2) is 0 Å². The second-order valence-corrected chi connectivity index (χ2v) is 19.6. The molecule has 13 N–H and O–H groups in total. The number of likely N-dealkylation sites (tertiary alicyclic amines) is 1. The van der Waals surface area contributed by atoms with Crippen molar-refractivity contribution in [3.63, 3.8) is 0 Å². The van der Waals surface area contributed by atoms with Crippen LogP contribution in [-0.4, -0.2) is 152 Å². The van der Waals surface area contributed by atoms with Crippen LogP contribution >= 0.6 is 0 Å². The Hall–Kier alpha value is -7.11. The number of carboxylic acids is 1. The molecule has 1 aromatic carbocycles. The predicted molar refractivity (Wildman–Crippen MR) is 271 cm³/mol. The van der Waals surface area contributed by atoms with Crippen molar-refractivity contribution in [1.29, 1.82) is 0 Å². The van der Waals surface area contributed by atoms with Crippen LogP contribution in [0.4, 0.5) is 0 Å². The summed E-state index contributed by atoms with van der Waals surface area (Å²) in [5.41, 5.74) is 6.52. The Morgan fingerprint density at radius 2 is 1.36 bits per heavy atom. The maximum absolute atomic E-state index is 14.4. The van der Waals surface area contributed by atoms with Crippen LogP contribution in [0, 0.1) is 17.8 Å². The topological polar surface area (TPSA) is 365 Å². The zero-order valence-corrected chi connectivity index (χ0v) is 43.7. The van der Waals surface area contributed by atoms with Gasteiger partial charge in [-0.05, 0) is 87.4 Å². The molecule has 2 aromatic rings. The number of aliphatic carboxylic acids is 1. The summed E-state index contributed by atoms with van der Waals surface area (Å²) in [5, 5.41) is 40.8. The number of H-pyrrole nitrogens is 1. The number of amides is 9. The van der Waals surface area contributed by atoms with Gasteiger partial charge >= 0.3 is 5.97 Å². The van der Waals surface area contributed by atoms with Crippen LogP contribution in [0.5, 0.6) is 5.75 Å². The molecule has 74 heavy (non-hydrogen) atoms. The highest BCUT2D eigenvalue weighted by Gasteiger charge is 2.39. The van der Waals surface area contributed by atoms with E-state index >= 15 is 0 Å². The van der Waals surface area contributed by atoms with E-state index in [-0.39, 0.29) is 50.3 Å². The Bertz CT molecular complexity index is 2220. The smallest absolute Gasteiger partial charge is 0.326 e. The largest absolute Gasteiger partial charge is 0.508 e. The number of hydrogen-bond acceptors (Lipinski definition) is 13. The number of nitrogens with one attached hydrogen (secondary N) is 9. The van der Waals surface area contributed by atoms with E-state index in [9.17, 15) is 58.2 Å². The quantitative estimate of drug-likeness (QED) is 0.0435. The zero-order valence-electron chi connectivity index (χ0n) is 43.7. The van der Waals surface area contributed by atoms with Gasteiger partial charge in [-0.15, -0.1) is 0 Å². The molecule has 1 aliphatic heterocycles. The Labute approximate surface area is 432 Å². The zero-order chi connectivity index (χ0) is 55.2. The van der Waals surface area contributed by atoms with Gasteiger partial charge in [0.2, 0.25) is 53.2 Å². The van der Waals surface area contributed by atoms with Gasteiger partial charge in [-0.2, -0.15) is 0 Å². The second-order valence-electron chi connectivity index (χ2n) is 19.6. The third kappa shape index (κ3) is 19.7. The molecule has 24 heteroatoms. The molecule has 9 atom stereocenters. The summed E-state index contributed by atoms with van der Waals surface area (Å²) in [6.45, 7) is 13.2. The minimum atomic E-state index is -1.37. The number of phenols is 1. The number of benzene rings is 1. The van der Waals surface area contributed by atoms with Gasteiger partial charge in [-0.3, -0.25) is 43.2 Å². The molecule has 3 rings (SSSR count). The Balaban J connectivity index is 1.83. The number of rotatable bonds is 30. The highest BCUT2D eigenvalue weighted by atomic mass is 16.4. The summed E-state index contributed by atoms with van der Waals surface area (Å²) in [5.74, 6) is -8.55. The average molecular weight is 1040 g/mol. The molecule has 0 saturated carbocycles. The Morgan fingerprint density at radius 3 is 1.93 bits per heavy atom. The van der Waals surface area contributed by atoms with Crippen molar-refractivity contribution in [3.8, 4) is 5.75 Å². The van der Waals surface area contributed by atoms with Crippen LogP contribution in [0.15, 0.2) is 36.8 Å². The van der Waals surface area contributed by atoms with Crippen molar-refractivity contribution in [2.24, 2.45) is 23.5 Å². The fraction of sp³-hybridized carbons (Fsp3) is 0.620. The standard InChI is InChI=1S/C50H78N12O12/c1-9-29(6)42(48(71)58-37(23-33-24-52-26-54-33)45(68)55-30(7)43(66)59-38(21-27(2)3)49(72)62-20-12-14-39(62)50(73)74)61-46(69)36(22-32-15-17-34(64)18-16-32)57-47(70)41(28(4)5)60-40(65)25-53-44(67)35(56-31(8)63)13-10-11-19-51/h15-18,24,26-30,35-39,41-42,64H,9-14,19-23,25,51H2,1-8H3,(H,52,54)(H,53,67)(H,55,68)(H,56,63)(H,57,70)(H,58,71)(H,59,66)(H,60,65)(H,61,69)(H,73,74). The number of nitrogens with two attached hydrogens (primary N) is 1. The summed E-state index contributed by atoms with van der Waals surface area (Å²) in [6.07, 6.45) is 5.33. The summed E-state index contributed by atoms with van der Waals surface area (Å²) in [4.78, 5) is 142. The molecule has 9 unspecified atom stereocenters. The van der Waals surface area contributed by atoms with E-state index in [0.29, 0.717) is 43.5 Å². The molecule has 1 saturated heterocycles. The van der Waals surface area contributed by atoms with Crippen molar-refractivity contribution >= 4 is 59.1 Å². The van der Waals surface area contributed by atoms with Gasteiger partial charge in [0, 0.05) is 38.2 Å². The van der Waals surface area contributed by atoms with Crippen molar-refractivity contribution in [1.82, 2.24) is 57.4 Å². The number of imidazole rings is 1. The Morgan fingerprint density at radius 1 is 0.743 bits per heavy atom. The number of carbonyl (C=O) groups excluding carboxylic acids is 9. The van der Waals surface area contributed by atoms with E-state index in [1.165, 1.54) is 43.4 Å². The van der Waals surface area contributed by atoms with Crippen LogP contribution in [0.1, 0.15) is 112 Å². The first-order valence-electron chi connectivity index (χ1n) is 25.3. The lowest BCUT2D eigenvalue weighted by atomic mass is 9.96. The van der Waals surface area contributed by atoms with Gasteiger partial charge in [0.25, 0.3) is 0 Å². The number of aromatic hydroxyl groups is 1. The minimum absolute atomic E-state index is 0.0525. The number of unbranched alkanes of at least 4 members (excludes halogenated alkanes) is 1. The molecule has 2 heterocycles. The van der Waals surface area contributed by atoms with Crippen LogP contribution in [-0.2, 0) is 60.8 Å². The van der Waals surface area contributed by atoms with E-state index in [1.807, 2.05) is 13.8 Å². The second kappa shape index (κ2) is 30.2. The number of phenolic OH excluding ortho intramolecular Hbond substituents is 1. The van der Waals surface area contributed by atoms with Crippen LogP contribution in [0.25, 0.3) is 0 Å². The minimum Gasteiger partial charge on any atom is -0.508 e.